The second-order valence-electron chi connectivity index (χ2n) is 4.73. The molecule has 1 aromatic carbocycles. The van der Waals surface area contributed by atoms with Crippen molar-refractivity contribution in [3.8, 4) is 0 Å². The number of hydrogen-bond donors (Lipinski definition) is 2. The fourth-order valence-electron chi connectivity index (χ4n) is 2.10. The third kappa shape index (κ3) is 3.39. The summed E-state index contributed by atoms with van der Waals surface area (Å²) in [6, 6.07) is 8.44. The SMILES string of the molecule is CCCn1ncnc1CC(NN)c1ccc(C)cc1. The summed E-state index contributed by atoms with van der Waals surface area (Å²) in [7, 11) is 0. The Morgan fingerprint density at radius 1 is 1.32 bits per heavy atom. The van der Waals surface area contributed by atoms with Crippen molar-refractivity contribution in [3.05, 3.63) is 47.5 Å². The van der Waals surface area contributed by atoms with Gasteiger partial charge in [0.15, 0.2) is 0 Å². The van der Waals surface area contributed by atoms with E-state index in [1.54, 1.807) is 6.33 Å². The minimum Gasteiger partial charge on any atom is -0.271 e. The van der Waals surface area contributed by atoms with Crippen molar-refractivity contribution < 1.29 is 0 Å². The van der Waals surface area contributed by atoms with E-state index in [1.165, 1.54) is 11.1 Å². The number of aromatic nitrogens is 3. The molecule has 5 heteroatoms. The predicted molar refractivity (Wildman–Crippen MR) is 75.3 cm³/mol. The van der Waals surface area contributed by atoms with Crippen LogP contribution in [0.5, 0.6) is 0 Å². The molecule has 2 rings (SSSR count). The minimum absolute atomic E-state index is 0.0559. The van der Waals surface area contributed by atoms with Crippen LogP contribution in [-0.4, -0.2) is 14.8 Å². The Hall–Kier alpha value is -1.72. The number of benzene rings is 1. The molecule has 0 spiro atoms. The molecule has 19 heavy (non-hydrogen) atoms. The van der Waals surface area contributed by atoms with Crippen molar-refractivity contribution in [2.45, 2.75) is 39.3 Å². The van der Waals surface area contributed by atoms with Gasteiger partial charge in [0, 0.05) is 13.0 Å². The zero-order chi connectivity index (χ0) is 13.7. The van der Waals surface area contributed by atoms with Crippen molar-refractivity contribution in [3.63, 3.8) is 0 Å². The number of hydrazine groups is 1. The third-order valence-corrected chi connectivity index (χ3v) is 3.20. The maximum absolute atomic E-state index is 5.68. The Balaban J connectivity index is 2.14. The van der Waals surface area contributed by atoms with Gasteiger partial charge >= 0.3 is 0 Å². The van der Waals surface area contributed by atoms with E-state index in [1.807, 2.05) is 4.68 Å². The lowest BCUT2D eigenvalue weighted by molar-refractivity contribution is 0.499. The Labute approximate surface area is 113 Å². The van der Waals surface area contributed by atoms with Gasteiger partial charge in [0.05, 0.1) is 6.04 Å². The molecular weight excluding hydrogens is 238 g/mol. The van der Waals surface area contributed by atoms with Crippen molar-refractivity contribution in [1.29, 1.82) is 0 Å². The average Bonchev–Trinajstić information content (AvgIpc) is 2.85. The van der Waals surface area contributed by atoms with E-state index >= 15 is 0 Å². The van der Waals surface area contributed by atoms with Gasteiger partial charge in [0.1, 0.15) is 12.2 Å². The molecule has 0 aliphatic carbocycles. The van der Waals surface area contributed by atoms with Gasteiger partial charge in [-0.1, -0.05) is 36.8 Å². The van der Waals surface area contributed by atoms with Crippen LogP contribution in [0.3, 0.4) is 0 Å². The molecule has 2 aromatic rings. The lowest BCUT2D eigenvalue weighted by Gasteiger charge is -2.16. The second-order valence-corrected chi connectivity index (χ2v) is 4.73. The zero-order valence-corrected chi connectivity index (χ0v) is 11.5. The summed E-state index contributed by atoms with van der Waals surface area (Å²) in [5.41, 5.74) is 5.27. The predicted octanol–water partition coefficient (Wildman–Crippen LogP) is 1.74. The van der Waals surface area contributed by atoms with Crippen molar-refractivity contribution in [2.24, 2.45) is 5.84 Å². The fraction of sp³-hybridized carbons (Fsp3) is 0.429. The smallest absolute Gasteiger partial charge is 0.138 e. The summed E-state index contributed by atoms with van der Waals surface area (Å²) in [5.74, 6) is 6.64. The maximum atomic E-state index is 5.68. The first-order valence-corrected chi connectivity index (χ1v) is 6.64. The zero-order valence-electron chi connectivity index (χ0n) is 11.5. The number of nitrogens with zero attached hydrogens (tertiary/aromatic N) is 3. The molecule has 1 atom stereocenters. The largest absolute Gasteiger partial charge is 0.271 e. The highest BCUT2D eigenvalue weighted by Gasteiger charge is 2.14. The standard InChI is InChI=1S/C14H21N5/c1-3-8-19-14(16-10-17-19)9-13(18-15)12-6-4-11(2)5-7-12/h4-7,10,13,18H,3,8-9,15H2,1-2H3. The van der Waals surface area contributed by atoms with Crippen LogP contribution in [0.4, 0.5) is 0 Å². The van der Waals surface area contributed by atoms with Crippen molar-refractivity contribution >= 4 is 0 Å². The number of rotatable bonds is 6. The average molecular weight is 259 g/mol. The van der Waals surface area contributed by atoms with Crippen molar-refractivity contribution in [2.75, 3.05) is 0 Å². The summed E-state index contributed by atoms with van der Waals surface area (Å²) in [5, 5.41) is 4.24. The summed E-state index contributed by atoms with van der Waals surface area (Å²) in [6.45, 7) is 5.09. The Morgan fingerprint density at radius 3 is 2.68 bits per heavy atom. The number of nitrogens with one attached hydrogen (secondary N) is 1. The molecular formula is C14H21N5. The molecule has 0 aliphatic rings. The first kappa shape index (κ1) is 13.7. The molecule has 0 amide bonds. The molecule has 1 heterocycles. The molecule has 0 bridgehead atoms. The highest BCUT2D eigenvalue weighted by Crippen LogP contribution is 2.17. The highest BCUT2D eigenvalue weighted by molar-refractivity contribution is 5.24. The Kier molecular flexibility index (Phi) is 4.65. The molecule has 5 nitrogen and oxygen atoms in total. The third-order valence-electron chi connectivity index (χ3n) is 3.20. The monoisotopic (exact) mass is 259 g/mol. The molecule has 0 saturated carbocycles. The van der Waals surface area contributed by atoms with E-state index in [0.29, 0.717) is 0 Å². The summed E-state index contributed by atoms with van der Waals surface area (Å²) in [4.78, 5) is 4.32. The molecule has 3 N–H and O–H groups in total. The summed E-state index contributed by atoms with van der Waals surface area (Å²) in [6.07, 6.45) is 3.38. The molecule has 0 aliphatic heterocycles. The van der Waals surface area contributed by atoms with Crippen molar-refractivity contribution in [1.82, 2.24) is 20.2 Å². The van der Waals surface area contributed by atoms with E-state index < -0.39 is 0 Å². The normalized spacial score (nSPS) is 12.6. The van der Waals surface area contributed by atoms with E-state index in [2.05, 4.69) is 53.6 Å². The molecule has 0 saturated heterocycles. The molecule has 0 fully saturated rings. The van der Waals surface area contributed by atoms with Crippen LogP contribution in [0.15, 0.2) is 30.6 Å². The number of aryl methyl sites for hydroxylation is 2. The first-order chi connectivity index (χ1) is 9.24. The van der Waals surface area contributed by atoms with E-state index in [4.69, 9.17) is 5.84 Å². The molecule has 0 radical (unpaired) electrons. The molecule has 102 valence electrons. The number of hydrogen-bond acceptors (Lipinski definition) is 4. The van der Waals surface area contributed by atoms with Crippen LogP contribution in [0.2, 0.25) is 0 Å². The second kappa shape index (κ2) is 6.45. The van der Waals surface area contributed by atoms with Gasteiger partial charge in [-0.2, -0.15) is 5.10 Å². The molecule has 1 unspecified atom stereocenters. The van der Waals surface area contributed by atoms with Crippen LogP contribution in [0, 0.1) is 6.92 Å². The van der Waals surface area contributed by atoms with Crippen LogP contribution in [0.1, 0.15) is 36.3 Å². The van der Waals surface area contributed by atoms with Gasteiger partial charge in [0.25, 0.3) is 0 Å². The van der Waals surface area contributed by atoms with Gasteiger partial charge in [-0.15, -0.1) is 0 Å². The van der Waals surface area contributed by atoms with Gasteiger partial charge in [-0.25, -0.2) is 4.98 Å². The van der Waals surface area contributed by atoms with Crippen LogP contribution in [-0.2, 0) is 13.0 Å². The molecule has 1 aromatic heterocycles. The Bertz CT molecular complexity index is 503. The van der Waals surface area contributed by atoms with Crippen LogP contribution in [0.25, 0.3) is 0 Å². The van der Waals surface area contributed by atoms with E-state index in [9.17, 15) is 0 Å². The summed E-state index contributed by atoms with van der Waals surface area (Å²) < 4.78 is 1.94. The lowest BCUT2D eigenvalue weighted by atomic mass is 10.0. The van der Waals surface area contributed by atoms with E-state index in [0.717, 1.165) is 25.2 Å². The van der Waals surface area contributed by atoms with Gasteiger partial charge in [0.2, 0.25) is 0 Å². The first-order valence-electron chi connectivity index (χ1n) is 6.64. The van der Waals surface area contributed by atoms with Gasteiger partial charge in [-0.3, -0.25) is 16.0 Å². The van der Waals surface area contributed by atoms with Gasteiger partial charge < -0.3 is 0 Å². The van der Waals surface area contributed by atoms with Crippen LogP contribution >= 0.6 is 0 Å². The highest BCUT2D eigenvalue weighted by atomic mass is 15.3. The number of nitrogens with two attached hydrogens (primary N) is 1. The minimum atomic E-state index is 0.0559. The van der Waals surface area contributed by atoms with E-state index in [-0.39, 0.29) is 6.04 Å². The van der Waals surface area contributed by atoms with Gasteiger partial charge in [-0.05, 0) is 18.9 Å². The maximum Gasteiger partial charge on any atom is 0.138 e. The fourth-order valence-corrected chi connectivity index (χ4v) is 2.10. The lowest BCUT2D eigenvalue weighted by Crippen LogP contribution is -2.30. The Morgan fingerprint density at radius 2 is 2.05 bits per heavy atom. The summed E-state index contributed by atoms with van der Waals surface area (Å²) >= 11 is 0. The van der Waals surface area contributed by atoms with Crippen LogP contribution < -0.4 is 11.3 Å². The quantitative estimate of drug-likeness (QED) is 0.612. The topological polar surface area (TPSA) is 68.8 Å².